The van der Waals surface area contributed by atoms with Crippen LogP contribution < -0.4 is 5.32 Å². The number of aryl methyl sites for hydroxylation is 1. The number of benzene rings is 2. The van der Waals surface area contributed by atoms with Gasteiger partial charge >= 0.3 is 0 Å². The SMILES string of the molecule is Cc1cc(NC(=O)c2ccc(CN3CCCC3=O)cc2)ccc1Br. The Kier molecular flexibility index (Phi) is 5.00. The van der Waals surface area contributed by atoms with Gasteiger partial charge in [0.25, 0.3) is 5.91 Å². The number of carbonyl (C=O) groups excluding carboxylic acids is 2. The topological polar surface area (TPSA) is 49.4 Å². The lowest BCUT2D eigenvalue weighted by molar-refractivity contribution is -0.128. The molecule has 24 heavy (non-hydrogen) atoms. The van der Waals surface area contributed by atoms with Crippen molar-refractivity contribution in [2.45, 2.75) is 26.3 Å². The molecule has 3 rings (SSSR count). The smallest absolute Gasteiger partial charge is 0.255 e. The highest BCUT2D eigenvalue weighted by molar-refractivity contribution is 9.10. The van der Waals surface area contributed by atoms with Crippen LogP contribution >= 0.6 is 15.9 Å². The molecule has 1 aliphatic rings. The monoisotopic (exact) mass is 386 g/mol. The lowest BCUT2D eigenvalue weighted by atomic mass is 10.1. The molecule has 1 aliphatic heterocycles. The van der Waals surface area contributed by atoms with Crippen LogP contribution in [0.15, 0.2) is 46.9 Å². The Labute approximate surface area is 150 Å². The van der Waals surface area contributed by atoms with Crippen LogP contribution in [0.4, 0.5) is 5.69 Å². The summed E-state index contributed by atoms with van der Waals surface area (Å²) in [5, 5.41) is 2.90. The van der Waals surface area contributed by atoms with E-state index in [2.05, 4.69) is 21.2 Å². The highest BCUT2D eigenvalue weighted by atomic mass is 79.9. The third-order valence-electron chi connectivity index (χ3n) is 4.18. The first-order valence-electron chi connectivity index (χ1n) is 7.97. The Morgan fingerprint density at radius 3 is 2.58 bits per heavy atom. The van der Waals surface area contributed by atoms with Crippen LogP contribution in [0.3, 0.4) is 0 Å². The van der Waals surface area contributed by atoms with Gasteiger partial charge in [0.2, 0.25) is 5.91 Å². The van der Waals surface area contributed by atoms with Gasteiger partial charge in [0.1, 0.15) is 0 Å². The normalized spacial score (nSPS) is 14.1. The summed E-state index contributed by atoms with van der Waals surface area (Å²) in [4.78, 5) is 25.9. The number of hydrogen-bond acceptors (Lipinski definition) is 2. The number of amides is 2. The molecule has 2 aromatic rings. The maximum Gasteiger partial charge on any atom is 0.255 e. The fourth-order valence-corrected chi connectivity index (χ4v) is 3.03. The molecular weight excluding hydrogens is 368 g/mol. The Balaban J connectivity index is 1.65. The van der Waals surface area contributed by atoms with Gasteiger partial charge in [-0.1, -0.05) is 28.1 Å². The van der Waals surface area contributed by atoms with Gasteiger partial charge in [0, 0.05) is 35.2 Å². The van der Waals surface area contributed by atoms with E-state index in [1.807, 2.05) is 42.2 Å². The number of anilines is 1. The minimum atomic E-state index is -0.138. The largest absolute Gasteiger partial charge is 0.338 e. The second-order valence-corrected chi connectivity index (χ2v) is 6.89. The molecule has 5 heteroatoms. The van der Waals surface area contributed by atoms with Crippen molar-refractivity contribution in [2.24, 2.45) is 0 Å². The van der Waals surface area contributed by atoms with Crippen molar-refractivity contribution in [1.82, 2.24) is 4.90 Å². The quantitative estimate of drug-likeness (QED) is 0.858. The summed E-state index contributed by atoms with van der Waals surface area (Å²) >= 11 is 3.45. The molecule has 1 saturated heterocycles. The number of halogens is 1. The van der Waals surface area contributed by atoms with Gasteiger partial charge in [-0.2, -0.15) is 0 Å². The predicted molar refractivity (Wildman–Crippen MR) is 97.9 cm³/mol. The zero-order valence-corrected chi connectivity index (χ0v) is 15.1. The molecule has 2 amide bonds. The standard InChI is InChI=1S/C19H19BrN2O2/c1-13-11-16(8-9-17(13)20)21-19(24)15-6-4-14(5-7-15)12-22-10-2-3-18(22)23/h4-9,11H,2-3,10,12H2,1H3,(H,21,24). The molecule has 0 unspecified atom stereocenters. The van der Waals surface area contributed by atoms with Crippen LogP contribution in [0, 0.1) is 6.92 Å². The fraction of sp³-hybridized carbons (Fsp3) is 0.263. The molecule has 4 nitrogen and oxygen atoms in total. The highest BCUT2D eigenvalue weighted by Crippen LogP contribution is 2.21. The minimum absolute atomic E-state index is 0.138. The van der Waals surface area contributed by atoms with Gasteiger partial charge in [-0.15, -0.1) is 0 Å². The van der Waals surface area contributed by atoms with Gasteiger partial charge in [-0.3, -0.25) is 9.59 Å². The van der Waals surface area contributed by atoms with E-state index in [1.165, 1.54) is 0 Å². The maximum atomic E-state index is 12.3. The van der Waals surface area contributed by atoms with Gasteiger partial charge in [0.05, 0.1) is 0 Å². The van der Waals surface area contributed by atoms with E-state index in [0.29, 0.717) is 18.5 Å². The van der Waals surface area contributed by atoms with E-state index in [9.17, 15) is 9.59 Å². The van der Waals surface area contributed by atoms with E-state index in [-0.39, 0.29) is 11.8 Å². The Morgan fingerprint density at radius 2 is 1.96 bits per heavy atom. The molecule has 0 radical (unpaired) electrons. The average Bonchev–Trinajstić information content (AvgIpc) is 2.97. The number of nitrogens with zero attached hydrogens (tertiary/aromatic N) is 1. The van der Waals surface area contributed by atoms with Gasteiger partial charge in [0.15, 0.2) is 0 Å². The summed E-state index contributed by atoms with van der Waals surface area (Å²) < 4.78 is 1.02. The zero-order chi connectivity index (χ0) is 17.1. The van der Waals surface area contributed by atoms with E-state index in [4.69, 9.17) is 0 Å². The van der Waals surface area contributed by atoms with Crippen molar-refractivity contribution < 1.29 is 9.59 Å². The van der Waals surface area contributed by atoms with Crippen molar-refractivity contribution in [2.75, 3.05) is 11.9 Å². The summed E-state index contributed by atoms with van der Waals surface area (Å²) in [5.74, 6) is 0.0722. The molecule has 0 aromatic heterocycles. The first-order chi connectivity index (χ1) is 11.5. The van der Waals surface area contributed by atoms with E-state index in [0.717, 1.165) is 34.3 Å². The molecule has 1 fully saturated rings. The molecule has 124 valence electrons. The van der Waals surface area contributed by atoms with Gasteiger partial charge in [-0.25, -0.2) is 0 Å². The molecule has 0 spiro atoms. The molecule has 0 bridgehead atoms. The highest BCUT2D eigenvalue weighted by Gasteiger charge is 2.20. The summed E-state index contributed by atoms with van der Waals surface area (Å²) in [6.07, 6.45) is 1.58. The fourth-order valence-electron chi connectivity index (χ4n) is 2.78. The second kappa shape index (κ2) is 7.18. The number of rotatable bonds is 4. The van der Waals surface area contributed by atoms with Crippen LogP contribution in [0.2, 0.25) is 0 Å². The van der Waals surface area contributed by atoms with Gasteiger partial charge < -0.3 is 10.2 Å². The number of likely N-dealkylation sites (tertiary alicyclic amines) is 1. The van der Waals surface area contributed by atoms with Crippen molar-refractivity contribution in [3.05, 3.63) is 63.6 Å². The zero-order valence-electron chi connectivity index (χ0n) is 13.5. The first-order valence-corrected chi connectivity index (χ1v) is 8.76. The molecule has 0 saturated carbocycles. The van der Waals surface area contributed by atoms with Crippen LogP contribution in [-0.2, 0) is 11.3 Å². The Morgan fingerprint density at radius 1 is 1.21 bits per heavy atom. The summed E-state index contributed by atoms with van der Waals surface area (Å²) in [6, 6.07) is 13.1. The van der Waals surface area contributed by atoms with Crippen molar-refractivity contribution in [3.63, 3.8) is 0 Å². The third kappa shape index (κ3) is 3.85. The lowest BCUT2D eigenvalue weighted by Gasteiger charge is -2.15. The maximum absolute atomic E-state index is 12.3. The summed E-state index contributed by atoms with van der Waals surface area (Å²) in [6.45, 7) is 3.42. The van der Waals surface area contributed by atoms with E-state index in [1.54, 1.807) is 12.1 Å². The Hall–Kier alpha value is -2.14. The number of hydrogen-bond donors (Lipinski definition) is 1. The Bertz CT molecular complexity index is 771. The van der Waals surface area contributed by atoms with Crippen LogP contribution in [0.25, 0.3) is 0 Å². The molecule has 1 heterocycles. The molecule has 2 aromatic carbocycles. The number of nitrogens with one attached hydrogen (secondary N) is 1. The van der Waals surface area contributed by atoms with Crippen LogP contribution in [0.5, 0.6) is 0 Å². The van der Waals surface area contributed by atoms with Gasteiger partial charge in [-0.05, 0) is 54.8 Å². The second-order valence-electron chi connectivity index (χ2n) is 6.03. The first kappa shape index (κ1) is 16.7. The van der Waals surface area contributed by atoms with Crippen LogP contribution in [-0.4, -0.2) is 23.3 Å². The van der Waals surface area contributed by atoms with E-state index < -0.39 is 0 Å². The number of carbonyl (C=O) groups is 2. The van der Waals surface area contributed by atoms with Crippen molar-refractivity contribution >= 4 is 33.4 Å². The lowest BCUT2D eigenvalue weighted by Crippen LogP contribution is -2.23. The summed E-state index contributed by atoms with van der Waals surface area (Å²) in [5.41, 5.74) is 3.49. The predicted octanol–water partition coefficient (Wildman–Crippen LogP) is 4.13. The molecule has 0 atom stereocenters. The third-order valence-corrected chi connectivity index (χ3v) is 5.07. The summed E-state index contributed by atoms with van der Waals surface area (Å²) in [7, 11) is 0. The molecule has 1 N–H and O–H groups in total. The minimum Gasteiger partial charge on any atom is -0.338 e. The molecular formula is C19H19BrN2O2. The molecule has 0 aliphatic carbocycles. The average molecular weight is 387 g/mol. The van der Waals surface area contributed by atoms with E-state index >= 15 is 0 Å². The van der Waals surface area contributed by atoms with Crippen molar-refractivity contribution in [3.8, 4) is 0 Å². The van der Waals surface area contributed by atoms with Crippen molar-refractivity contribution in [1.29, 1.82) is 0 Å². The van der Waals surface area contributed by atoms with Crippen LogP contribution in [0.1, 0.15) is 34.3 Å².